The summed E-state index contributed by atoms with van der Waals surface area (Å²) in [7, 11) is -3.55. The lowest BCUT2D eigenvalue weighted by molar-refractivity contribution is -0.140. The largest absolute Gasteiger partial charge is 0.353 e. The molecule has 33 heavy (non-hydrogen) atoms. The molecule has 0 radical (unpaired) electrons. The number of sulfonamides is 1. The molecule has 1 N–H and O–H groups in total. The summed E-state index contributed by atoms with van der Waals surface area (Å²) in [6, 6.07) is 5.53. The zero-order chi connectivity index (χ0) is 24.3. The van der Waals surface area contributed by atoms with E-state index < -0.39 is 10.0 Å². The van der Waals surface area contributed by atoms with Gasteiger partial charge in [0.1, 0.15) is 0 Å². The van der Waals surface area contributed by atoms with Crippen LogP contribution in [0.5, 0.6) is 0 Å². The second-order valence-electron chi connectivity index (χ2n) is 10.1. The molecule has 0 aliphatic carbocycles. The zero-order valence-corrected chi connectivity index (χ0v) is 21.5. The number of nitrogens with zero attached hydrogens (tertiary/aromatic N) is 2. The third kappa shape index (κ3) is 5.96. The van der Waals surface area contributed by atoms with Gasteiger partial charge in [-0.05, 0) is 64.0 Å². The monoisotopic (exact) mass is 477 g/mol. The topological polar surface area (TPSA) is 86.8 Å². The minimum atomic E-state index is -3.55. The summed E-state index contributed by atoms with van der Waals surface area (Å²) in [4.78, 5) is 27.8. The quantitative estimate of drug-likeness (QED) is 0.682. The van der Waals surface area contributed by atoms with Crippen LogP contribution in [0.4, 0.5) is 0 Å². The fraction of sp³-hybridized carbons (Fsp3) is 0.680. The molecule has 0 bridgehead atoms. The highest BCUT2D eigenvalue weighted by molar-refractivity contribution is 7.89. The van der Waals surface area contributed by atoms with Gasteiger partial charge in [-0.2, -0.15) is 4.31 Å². The van der Waals surface area contributed by atoms with Crippen LogP contribution in [0.1, 0.15) is 57.6 Å². The van der Waals surface area contributed by atoms with Gasteiger partial charge in [0.25, 0.3) is 0 Å². The molecule has 184 valence electrons. The number of nitrogens with one attached hydrogen (secondary N) is 1. The maximum Gasteiger partial charge on any atom is 0.243 e. The van der Waals surface area contributed by atoms with Crippen molar-refractivity contribution < 1.29 is 18.0 Å². The van der Waals surface area contributed by atoms with Gasteiger partial charge in [0.2, 0.25) is 21.8 Å². The van der Waals surface area contributed by atoms with Crippen molar-refractivity contribution in [2.24, 2.45) is 17.8 Å². The number of likely N-dealkylation sites (tertiary alicyclic amines) is 1. The number of benzene rings is 1. The van der Waals surface area contributed by atoms with Gasteiger partial charge in [0, 0.05) is 44.1 Å². The number of hydrogen-bond donors (Lipinski definition) is 1. The van der Waals surface area contributed by atoms with E-state index in [9.17, 15) is 18.0 Å². The molecule has 2 aliphatic heterocycles. The summed E-state index contributed by atoms with van der Waals surface area (Å²) < 4.78 is 27.7. The van der Waals surface area contributed by atoms with Gasteiger partial charge in [-0.3, -0.25) is 9.59 Å². The Hall–Kier alpha value is -1.93. The number of carbonyl (C=O) groups excluding carboxylic acids is 2. The maximum absolute atomic E-state index is 13.1. The first-order valence-corrected chi connectivity index (χ1v) is 13.6. The fourth-order valence-corrected chi connectivity index (χ4v) is 6.38. The summed E-state index contributed by atoms with van der Waals surface area (Å²) >= 11 is 0. The van der Waals surface area contributed by atoms with Gasteiger partial charge in [-0.1, -0.05) is 31.5 Å². The van der Waals surface area contributed by atoms with Crippen LogP contribution in [0, 0.1) is 31.6 Å². The second-order valence-corrected chi connectivity index (χ2v) is 12.0. The van der Waals surface area contributed by atoms with E-state index in [1.54, 1.807) is 6.07 Å². The number of amides is 2. The molecule has 3 rings (SSSR count). The second kappa shape index (κ2) is 10.6. The molecule has 8 heteroatoms. The molecule has 2 heterocycles. The molecule has 1 atom stereocenters. The summed E-state index contributed by atoms with van der Waals surface area (Å²) in [6.07, 6.45) is 2.44. The van der Waals surface area contributed by atoms with Gasteiger partial charge in [-0.25, -0.2) is 8.42 Å². The first kappa shape index (κ1) is 25.7. The van der Waals surface area contributed by atoms with Crippen LogP contribution in [0.15, 0.2) is 23.1 Å². The smallest absolute Gasteiger partial charge is 0.243 e. The third-order valence-corrected chi connectivity index (χ3v) is 9.36. The molecule has 2 amide bonds. The van der Waals surface area contributed by atoms with Gasteiger partial charge < -0.3 is 10.2 Å². The Morgan fingerprint density at radius 3 is 2.06 bits per heavy atom. The Kier molecular flexibility index (Phi) is 8.22. The third-order valence-electron chi connectivity index (χ3n) is 7.30. The maximum atomic E-state index is 13.1. The summed E-state index contributed by atoms with van der Waals surface area (Å²) in [5.41, 5.74) is 1.79. The lowest BCUT2D eigenvalue weighted by Gasteiger charge is -2.37. The Morgan fingerprint density at radius 1 is 0.939 bits per heavy atom. The fourth-order valence-electron chi connectivity index (χ4n) is 4.70. The predicted molar refractivity (Wildman–Crippen MR) is 129 cm³/mol. The van der Waals surface area contributed by atoms with E-state index in [0.29, 0.717) is 62.7 Å². The van der Waals surface area contributed by atoms with E-state index in [2.05, 4.69) is 19.2 Å². The summed E-state index contributed by atoms with van der Waals surface area (Å²) in [5.74, 6) is 0.392. The van der Waals surface area contributed by atoms with Crippen LogP contribution in [-0.4, -0.2) is 61.7 Å². The molecule has 2 saturated heterocycles. The van der Waals surface area contributed by atoms with Crippen molar-refractivity contribution >= 4 is 21.8 Å². The average molecular weight is 478 g/mol. The highest BCUT2D eigenvalue weighted by Crippen LogP contribution is 2.28. The van der Waals surface area contributed by atoms with Crippen molar-refractivity contribution in [3.05, 3.63) is 29.3 Å². The van der Waals surface area contributed by atoms with Gasteiger partial charge in [0.15, 0.2) is 0 Å². The lowest BCUT2D eigenvalue weighted by atomic mass is 9.92. The molecule has 0 saturated carbocycles. The van der Waals surface area contributed by atoms with Gasteiger partial charge in [-0.15, -0.1) is 0 Å². The van der Waals surface area contributed by atoms with Crippen molar-refractivity contribution in [2.75, 3.05) is 26.2 Å². The number of piperidine rings is 2. The number of carbonyl (C=O) groups is 2. The molecule has 0 spiro atoms. The molecule has 1 unspecified atom stereocenters. The Bertz CT molecular complexity index is 960. The normalized spacial score (nSPS) is 20.1. The van der Waals surface area contributed by atoms with Crippen LogP contribution in [0.2, 0.25) is 0 Å². The molecule has 0 aromatic heterocycles. The van der Waals surface area contributed by atoms with Crippen LogP contribution >= 0.6 is 0 Å². The van der Waals surface area contributed by atoms with Gasteiger partial charge in [0.05, 0.1) is 4.90 Å². The standard InChI is InChI=1S/C25H39N3O4S/c1-17(2)20(5)26-24(29)21-8-12-27(13-9-21)25(30)22-10-14-28(15-11-22)33(31,32)23-7-6-18(3)16-19(23)4/h6-7,16-17,20-22H,8-15H2,1-5H3,(H,26,29). The molecule has 7 nitrogen and oxygen atoms in total. The van der Waals surface area contributed by atoms with Crippen molar-refractivity contribution in [2.45, 2.75) is 71.2 Å². The number of rotatable bonds is 6. The Balaban J connectivity index is 1.51. The number of hydrogen-bond acceptors (Lipinski definition) is 4. The van der Waals surface area contributed by atoms with Crippen LogP contribution in [0.25, 0.3) is 0 Å². The van der Waals surface area contributed by atoms with E-state index in [-0.39, 0.29) is 29.7 Å². The summed E-state index contributed by atoms with van der Waals surface area (Å²) in [6.45, 7) is 11.9. The van der Waals surface area contributed by atoms with Crippen LogP contribution in [0.3, 0.4) is 0 Å². The molecule has 2 aliphatic rings. The van der Waals surface area contributed by atoms with E-state index >= 15 is 0 Å². The van der Waals surface area contributed by atoms with Gasteiger partial charge >= 0.3 is 0 Å². The highest BCUT2D eigenvalue weighted by atomic mass is 32.2. The molecular formula is C25H39N3O4S. The zero-order valence-electron chi connectivity index (χ0n) is 20.6. The molecule has 2 fully saturated rings. The highest BCUT2D eigenvalue weighted by Gasteiger charge is 2.36. The molecular weight excluding hydrogens is 438 g/mol. The first-order chi connectivity index (χ1) is 15.5. The molecule has 1 aromatic rings. The predicted octanol–water partition coefficient (Wildman–Crippen LogP) is 3.10. The van der Waals surface area contributed by atoms with E-state index in [4.69, 9.17) is 0 Å². The summed E-state index contributed by atoms with van der Waals surface area (Å²) in [5, 5.41) is 3.09. The van der Waals surface area contributed by atoms with E-state index in [0.717, 1.165) is 11.1 Å². The van der Waals surface area contributed by atoms with Crippen molar-refractivity contribution in [1.82, 2.24) is 14.5 Å². The average Bonchev–Trinajstić information content (AvgIpc) is 2.78. The number of aryl methyl sites for hydroxylation is 2. The van der Waals surface area contributed by atoms with Crippen LogP contribution in [-0.2, 0) is 19.6 Å². The van der Waals surface area contributed by atoms with Crippen molar-refractivity contribution in [1.29, 1.82) is 0 Å². The van der Waals surface area contributed by atoms with Crippen molar-refractivity contribution in [3.8, 4) is 0 Å². The first-order valence-electron chi connectivity index (χ1n) is 12.2. The lowest BCUT2D eigenvalue weighted by Crippen LogP contribution is -2.49. The van der Waals surface area contributed by atoms with Crippen molar-refractivity contribution in [3.63, 3.8) is 0 Å². The Labute approximate surface area is 199 Å². The minimum absolute atomic E-state index is 0.0417. The van der Waals surface area contributed by atoms with E-state index in [1.807, 2.05) is 37.8 Å². The molecule has 1 aromatic carbocycles. The SMILES string of the molecule is Cc1ccc(S(=O)(=O)N2CCC(C(=O)N3CCC(C(=O)NC(C)C(C)C)CC3)CC2)c(C)c1. The van der Waals surface area contributed by atoms with E-state index in [1.165, 1.54) is 4.31 Å². The minimum Gasteiger partial charge on any atom is -0.353 e. The van der Waals surface area contributed by atoms with Crippen LogP contribution < -0.4 is 5.32 Å². The Morgan fingerprint density at radius 2 is 1.52 bits per heavy atom.